The van der Waals surface area contributed by atoms with Crippen LogP contribution in [0.5, 0.6) is 0 Å². The average Bonchev–Trinajstić information content (AvgIpc) is 2.82. The summed E-state index contributed by atoms with van der Waals surface area (Å²) in [6.07, 6.45) is 4.15. The van der Waals surface area contributed by atoms with Crippen molar-refractivity contribution in [3.8, 4) is 0 Å². The molecule has 0 spiro atoms. The maximum Gasteiger partial charge on any atom is 0.0738 e. The normalized spacial score (nSPS) is 26.3. The van der Waals surface area contributed by atoms with Gasteiger partial charge in [0.25, 0.3) is 0 Å². The predicted octanol–water partition coefficient (Wildman–Crippen LogP) is 4.70. The Morgan fingerprint density at radius 3 is 2.57 bits per heavy atom. The summed E-state index contributed by atoms with van der Waals surface area (Å²) in [6, 6.07) is 8.56. The molecular weight excluding hydrogens is 278 g/mol. The molecule has 1 saturated carbocycles. The first-order valence-electron chi connectivity index (χ1n) is 7.98. The molecular formula is C18H25NOS. The third-order valence-corrected chi connectivity index (χ3v) is 5.80. The second-order valence-electron chi connectivity index (χ2n) is 6.55. The Kier molecular flexibility index (Phi) is 4.63. The Bertz CT molecular complexity index is 596. The molecule has 0 saturated heterocycles. The molecule has 2 unspecified atom stereocenters. The average molecular weight is 303 g/mol. The highest BCUT2D eigenvalue weighted by atomic mass is 32.1. The van der Waals surface area contributed by atoms with Gasteiger partial charge >= 0.3 is 0 Å². The first-order chi connectivity index (χ1) is 10.2. The fourth-order valence-corrected chi connectivity index (χ4v) is 4.77. The quantitative estimate of drug-likeness (QED) is 0.888. The fourth-order valence-electron chi connectivity index (χ4n) is 3.68. The van der Waals surface area contributed by atoms with Gasteiger partial charge in [-0.1, -0.05) is 32.0 Å². The van der Waals surface area contributed by atoms with E-state index in [9.17, 15) is 0 Å². The number of hydrogen-bond acceptors (Lipinski definition) is 3. The molecule has 1 aliphatic rings. The van der Waals surface area contributed by atoms with Crippen molar-refractivity contribution >= 4 is 21.4 Å². The largest absolute Gasteiger partial charge is 0.373 e. The molecule has 114 valence electrons. The van der Waals surface area contributed by atoms with Crippen molar-refractivity contribution in [2.24, 2.45) is 17.6 Å². The van der Waals surface area contributed by atoms with Gasteiger partial charge in [-0.2, -0.15) is 0 Å². The molecule has 3 heteroatoms. The number of hydrogen-bond donors (Lipinski definition) is 1. The van der Waals surface area contributed by atoms with Crippen LogP contribution in [-0.4, -0.2) is 6.10 Å². The molecule has 3 rings (SSSR count). The van der Waals surface area contributed by atoms with Crippen molar-refractivity contribution < 1.29 is 4.74 Å². The van der Waals surface area contributed by atoms with Gasteiger partial charge in [-0.05, 0) is 42.6 Å². The minimum absolute atomic E-state index is 0.410. The number of nitrogens with two attached hydrogens (primary N) is 1. The number of benzene rings is 1. The van der Waals surface area contributed by atoms with Crippen LogP contribution in [0.2, 0.25) is 0 Å². The summed E-state index contributed by atoms with van der Waals surface area (Å²) < 4.78 is 7.59. The summed E-state index contributed by atoms with van der Waals surface area (Å²) in [5, 5.41) is 1.32. The summed E-state index contributed by atoms with van der Waals surface area (Å²) in [5.74, 6) is 1.57. The van der Waals surface area contributed by atoms with Crippen molar-refractivity contribution in [2.75, 3.05) is 0 Å². The molecule has 2 atom stereocenters. The van der Waals surface area contributed by atoms with Crippen LogP contribution in [0.4, 0.5) is 0 Å². The third-order valence-electron chi connectivity index (χ3n) is 4.57. The zero-order valence-corrected chi connectivity index (χ0v) is 13.8. The van der Waals surface area contributed by atoms with Gasteiger partial charge in [-0.15, -0.1) is 11.3 Å². The van der Waals surface area contributed by atoms with E-state index in [1.54, 1.807) is 11.3 Å². The highest BCUT2D eigenvalue weighted by Crippen LogP contribution is 2.34. The van der Waals surface area contributed by atoms with Crippen molar-refractivity contribution in [3.63, 3.8) is 0 Å². The van der Waals surface area contributed by atoms with E-state index in [-0.39, 0.29) is 0 Å². The molecule has 0 aliphatic heterocycles. The van der Waals surface area contributed by atoms with Crippen LogP contribution in [-0.2, 0) is 17.9 Å². The van der Waals surface area contributed by atoms with Gasteiger partial charge in [0.15, 0.2) is 0 Å². The molecule has 1 aromatic heterocycles. The van der Waals surface area contributed by atoms with Gasteiger partial charge in [0.2, 0.25) is 0 Å². The number of rotatable bonds is 4. The Hall–Kier alpha value is -0.900. The van der Waals surface area contributed by atoms with Crippen molar-refractivity contribution in [1.82, 2.24) is 0 Å². The Morgan fingerprint density at radius 1 is 1.14 bits per heavy atom. The molecule has 1 fully saturated rings. The van der Waals surface area contributed by atoms with E-state index in [0.29, 0.717) is 19.3 Å². The molecule has 2 nitrogen and oxygen atoms in total. The summed E-state index contributed by atoms with van der Waals surface area (Å²) in [4.78, 5) is 1.27. The van der Waals surface area contributed by atoms with Crippen LogP contribution in [0.25, 0.3) is 10.1 Å². The monoisotopic (exact) mass is 303 g/mol. The van der Waals surface area contributed by atoms with E-state index < -0.39 is 0 Å². The molecule has 0 amide bonds. The highest BCUT2D eigenvalue weighted by molar-refractivity contribution is 7.19. The first kappa shape index (κ1) is 15.0. The Labute approximate surface area is 131 Å². The number of fused-ring (bicyclic) bond motifs is 1. The standard InChI is InChI=1S/C18H25NOS/c1-12-7-13(2)9-14(8-12)20-11-16-15-5-3-4-6-17(15)21-18(16)10-19/h3-6,12-14H,7-11,19H2,1-2H3. The lowest BCUT2D eigenvalue weighted by molar-refractivity contribution is -0.00881. The van der Waals surface area contributed by atoms with E-state index in [4.69, 9.17) is 10.5 Å². The van der Waals surface area contributed by atoms with Crippen LogP contribution in [0.15, 0.2) is 24.3 Å². The van der Waals surface area contributed by atoms with E-state index in [1.165, 1.54) is 39.8 Å². The van der Waals surface area contributed by atoms with Gasteiger partial charge in [-0.3, -0.25) is 0 Å². The molecule has 21 heavy (non-hydrogen) atoms. The van der Waals surface area contributed by atoms with Crippen LogP contribution < -0.4 is 5.73 Å². The maximum atomic E-state index is 6.27. The molecule has 1 heterocycles. The zero-order chi connectivity index (χ0) is 14.8. The molecule has 2 aromatic rings. The third kappa shape index (κ3) is 3.31. The number of ether oxygens (including phenoxy) is 1. The smallest absolute Gasteiger partial charge is 0.0738 e. The molecule has 1 aromatic carbocycles. The summed E-state index contributed by atoms with van der Waals surface area (Å²) >= 11 is 1.81. The van der Waals surface area contributed by atoms with Crippen molar-refractivity contribution in [1.29, 1.82) is 0 Å². The maximum absolute atomic E-state index is 6.27. The first-order valence-corrected chi connectivity index (χ1v) is 8.80. The fraction of sp³-hybridized carbons (Fsp3) is 0.556. The van der Waals surface area contributed by atoms with E-state index in [1.807, 2.05) is 0 Å². The SMILES string of the molecule is CC1CC(C)CC(OCc2c(CN)sc3ccccc23)C1. The van der Waals surface area contributed by atoms with E-state index in [2.05, 4.69) is 38.1 Å². The van der Waals surface area contributed by atoms with E-state index in [0.717, 1.165) is 11.8 Å². The van der Waals surface area contributed by atoms with Gasteiger partial charge in [0.05, 0.1) is 12.7 Å². The van der Waals surface area contributed by atoms with Crippen LogP contribution >= 0.6 is 11.3 Å². The van der Waals surface area contributed by atoms with Crippen LogP contribution in [0.3, 0.4) is 0 Å². The lowest BCUT2D eigenvalue weighted by Gasteiger charge is -2.31. The lowest BCUT2D eigenvalue weighted by Crippen LogP contribution is -2.26. The topological polar surface area (TPSA) is 35.2 Å². The van der Waals surface area contributed by atoms with Gasteiger partial charge in [0.1, 0.15) is 0 Å². The summed E-state index contributed by atoms with van der Waals surface area (Å²) in [6.45, 7) is 6.00. The predicted molar refractivity (Wildman–Crippen MR) is 90.5 cm³/mol. The van der Waals surface area contributed by atoms with Crippen molar-refractivity contribution in [2.45, 2.75) is 52.4 Å². The van der Waals surface area contributed by atoms with E-state index >= 15 is 0 Å². The zero-order valence-electron chi connectivity index (χ0n) is 13.0. The van der Waals surface area contributed by atoms with Crippen LogP contribution in [0, 0.1) is 11.8 Å². The van der Waals surface area contributed by atoms with Crippen molar-refractivity contribution in [3.05, 3.63) is 34.7 Å². The second-order valence-corrected chi connectivity index (χ2v) is 7.69. The Morgan fingerprint density at radius 2 is 1.86 bits per heavy atom. The highest BCUT2D eigenvalue weighted by Gasteiger charge is 2.25. The number of thiophene rings is 1. The molecule has 0 bridgehead atoms. The minimum atomic E-state index is 0.410. The van der Waals surface area contributed by atoms with Crippen LogP contribution in [0.1, 0.15) is 43.6 Å². The molecule has 2 N–H and O–H groups in total. The summed E-state index contributed by atoms with van der Waals surface area (Å²) in [5.41, 5.74) is 7.23. The summed E-state index contributed by atoms with van der Waals surface area (Å²) in [7, 11) is 0. The second kappa shape index (κ2) is 6.47. The van der Waals surface area contributed by atoms with Gasteiger partial charge in [0, 0.05) is 21.7 Å². The van der Waals surface area contributed by atoms with Gasteiger partial charge in [-0.25, -0.2) is 0 Å². The lowest BCUT2D eigenvalue weighted by atomic mass is 9.82. The Balaban J connectivity index is 1.75. The molecule has 0 radical (unpaired) electrons. The van der Waals surface area contributed by atoms with Gasteiger partial charge < -0.3 is 10.5 Å². The minimum Gasteiger partial charge on any atom is -0.373 e. The molecule has 1 aliphatic carbocycles.